The molecule has 32 heavy (non-hydrogen) atoms. The molecule has 0 radical (unpaired) electrons. The topological polar surface area (TPSA) is 29.5 Å². The Kier molecular flexibility index (Phi) is 8.23. The largest absolute Gasteiger partial charge is 0.469 e. The minimum atomic E-state index is -4.31. The Bertz CT molecular complexity index is 891. The third kappa shape index (κ3) is 6.26. The van der Waals surface area contributed by atoms with Gasteiger partial charge in [-0.3, -0.25) is 4.79 Å². The summed E-state index contributed by atoms with van der Waals surface area (Å²) in [5.41, 5.74) is 0.316. The third-order valence-electron chi connectivity index (χ3n) is 6.38. The molecule has 0 bridgehead atoms. The van der Waals surface area contributed by atoms with E-state index >= 15 is 0 Å². The molecule has 174 valence electrons. The molecule has 1 fully saturated rings. The van der Waals surface area contributed by atoms with E-state index in [1.165, 1.54) is 13.2 Å². The number of esters is 1. The normalized spacial score (nSPS) is 16.7. The molecule has 0 N–H and O–H groups in total. The van der Waals surface area contributed by atoms with Crippen molar-refractivity contribution in [1.82, 2.24) is 4.90 Å². The van der Waals surface area contributed by atoms with Gasteiger partial charge in [-0.25, -0.2) is 0 Å². The van der Waals surface area contributed by atoms with Gasteiger partial charge < -0.3 is 9.64 Å². The number of carbonyl (C=O) groups excluding carboxylic acids is 1. The number of unbranched alkanes of at least 4 members (excludes halogenated alkanes) is 1. The Balaban J connectivity index is 1.51. The van der Waals surface area contributed by atoms with Crippen molar-refractivity contribution in [3.8, 4) is 0 Å². The van der Waals surface area contributed by atoms with Crippen molar-refractivity contribution in [3.63, 3.8) is 0 Å². The van der Waals surface area contributed by atoms with Crippen LogP contribution in [0.1, 0.15) is 42.4 Å². The predicted octanol–water partition coefficient (Wildman–Crippen LogP) is 6.18. The Morgan fingerprint density at radius 3 is 2.34 bits per heavy atom. The highest BCUT2D eigenvalue weighted by Crippen LogP contribution is 2.37. The van der Waals surface area contributed by atoms with E-state index < -0.39 is 17.2 Å². The maximum atomic E-state index is 13.1. The Labute approximate surface area is 192 Å². The molecular weight excluding hydrogens is 439 g/mol. The summed E-state index contributed by atoms with van der Waals surface area (Å²) in [4.78, 5) is 14.9. The van der Waals surface area contributed by atoms with Gasteiger partial charge in [0, 0.05) is 5.02 Å². The van der Waals surface area contributed by atoms with Gasteiger partial charge in [-0.05, 0) is 87.5 Å². The van der Waals surface area contributed by atoms with E-state index in [0.29, 0.717) is 42.7 Å². The molecule has 0 unspecified atom stereocenters. The van der Waals surface area contributed by atoms with Crippen LogP contribution in [0, 0.1) is 5.41 Å². The zero-order chi connectivity index (χ0) is 23.2. The molecule has 3 rings (SSSR count). The first-order valence-electron chi connectivity index (χ1n) is 10.9. The molecule has 0 aromatic heterocycles. The average molecular weight is 468 g/mol. The van der Waals surface area contributed by atoms with Crippen molar-refractivity contribution in [2.75, 3.05) is 26.7 Å². The summed E-state index contributed by atoms with van der Waals surface area (Å²) in [6.45, 7) is 2.34. The lowest BCUT2D eigenvalue weighted by Gasteiger charge is -2.40. The van der Waals surface area contributed by atoms with E-state index in [1.807, 2.05) is 24.3 Å². The van der Waals surface area contributed by atoms with E-state index in [4.69, 9.17) is 16.3 Å². The first-order chi connectivity index (χ1) is 15.2. The van der Waals surface area contributed by atoms with Crippen LogP contribution < -0.4 is 0 Å². The molecule has 0 atom stereocenters. The first-order valence-corrected chi connectivity index (χ1v) is 11.3. The smallest absolute Gasteiger partial charge is 0.416 e. The van der Waals surface area contributed by atoms with Crippen LogP contribution in [0.4, 0.5) is 13.2 Å². The van der Waals surface area contributed by atoms with Gasteiger partial charge in [0.15, 0.2) is 0 Å². The van der Waals surface area contributed by atoms with E-state index in [1.54, 1.807) is 12.1 Å². The number of likely N-dealkylation sites (tertiary alicyclic amines) is 1. The number of hydrogen-bond acceptors (Lipinski definition) is 3. The number of alkyl halides is 3. The lowest BCUT2D eigenvalue weighted by Crippen LogP contribution is -2.46. The second kappa shape index (κ2) is 10.7. The van der Waals surface area contributed by atoms with Crippen molar-refractivity contribution in [3.05, 3.63) is 70.2 Å². The minimum absolute atomic E-state index is 0.184. The van der Waals surface area contributed by atoms with E-state index in [2.05, 4.69) is 4.90 Å². The van der Waals surface area contributed by atoms with Crippen LogP contribution in [0.5, 0.6) is 0 Å². The number of hydrogen-bond donors (Lipinski definition) is 0. The van der Waals surface area contributed by atoms with Crippen LogP contribution in [-0.4, -0.2) is 37.6 Å². The number of methoxy groups -OCH3 is 1. The Morgan fingerprint density at radius 1 is 1.06 bits per heavy atom. The zero-order valence-electron chi connectivity index (χ0n) is 18.3. The van der Waals surface area contributed by atoms with Gasteiger partial charge in [0.25, 0.3) is 0 Å². The van der Waals surface area contributed by atoms with Crippen molar-refractivity contribution in [2.24, 2.45) is 5.41 Å². The quantitative estimate of drug-likeness (QED) is 0.343. The molecule has 7 heteroatoms. The molecule has 1 aliphatic heterocycles. The van der Waals surface area contributed by atoms with Crippen molar-refractivity contribution < 1.29 is 22.7 Å². The molecule has 0 amide bonds. The number of benzene rings is 2. The number of aryl methyl sites for hydroxylation is 1. The van der Waals surface area contributed by atoms with E-state index in [-0.39, 0.29) is 5.97 Å². The number of halogens is 4. The zero-order valence-corrected chi connectivity index (χ0v) is 19.0. The van der Waals surface area contributed by atoms with Crippen molar-refractivity contribution in [2.45, 2.75) is 44.7 Å². The summed E-state index contributed by atoms with van der Waals surface area (Å²) in [6.07, 6.45) is -0.403. The van der Waals surface area contributed by atoms with Crippen LogP contribution in [0.25, 0.3) is 0 Å². The second-order valence-corrected chi connectivity index (χ2v) is 8.97. The van der Waals surface area contributed by atoms with Gasteiger partial charge in [-0.15, -0.1) is 0 Å². The number of rotatable bonds is 8. The fourth-order valence-electron chi connectivity index (χ4n) is 4.53. The molecule has 3 nitrogen and oxygen atoms in total. The number of piperidine rings is 1. The van der Waals surface area contributed by atoms with Gasteiger partial charge in [0.2, 0.25) is 0 Å². The van der Waals surface area contributed by atoms with Gasteiger partial charge >= 0.3 is 12.1 Å². The third-order valence-corrected chi connectivity index (χ3v) is 6.63. The molecule has 2 aromatic carbocycles. The second-order valence-electron chi connectivity index (χ2n) is 8.53. The summed E-state index contributed by atoms with van der Waals surface area (Å²) >= 11 is 5.97. The van der Waals surface area contributed by atoms with E-state index in [9.17, 15) is 18.0 Å². The molecule has 0 spiro atoms. The summed E-state index contributed by atoms with van der Waals surface area (Å²) in [6, 6.07) is 13.3. The fourth-order valence-corrected chi connectivity index (χ4v) is 4.66. The highest BCUT2D eigenvalue weighted by atomic mass is 35.5. The van der Waals surface area contributed by atoms with Gasteiger partial charge in [-0.1, -0.05) is 41.9 Å². The summed E-state index contributed by atoms with van der Waals surface area (Å²) in [5, 5.41) is 0.661. The number of nitrogens with zero attached hydrogens (tertiary/aromatic N) is 1. The van der Waals surface area contributed by atoms with Crippen LogP contribution in [-0.2, 0) is 28.5 Å². The molecule has 1 saturated heterocycles. The van der Waals surface area contributed by atoms with Gasteiger partial charge in [0.1, 0.15) is 0 Å². The Morgan fingerprint density at radius 2 is 1.72 bits per heavy atom. The maximum Gasteiger partial charge on any atom is 0.416 e. The van der Waals surface area contributed by atoms with Crippen molar-refractivity contribution >= 4 is 17.6 Å². The standard InChI is InChI=1S/C25H29ClF3NO2/c1-32-23(31)24(18-19-9-11-21(26)12-10-19)13-16-30(17-14-24)15-5-4-7-20-6-2-3-8-22(20)25(27,28)29/h2-3,6,8-12H,4-5,7,13-18H2,1H3. The summed E-state index contributed by atoms with van der Waals surface area (Å²) < 4.78 is 44.6. The Hall–Kier alpha value is -2.05. The average Bonchev–Trinajstić information content (AvgIpc) is 2.78. The van der Waals surface area contributed by atoms with Crippen LogP contribution >= 0.6 is 11.6 Å². The molecule has 2 aromatic rings. The first kappa shape index (κ1) is 24.6. The summed E-state index contributed by atoms with van der Waals surface area (Å²) in [7, 11) is 1.43. The molecule has 1 heterocycles. The minimum Gasteiger partial charge on any atom is -0.469 e. The number of ether oxygens (including phenoxy) is 1. The lowest BCUT2D eigenvalue weighted by atomic mass is 9.73. The maximum absolute atomic E-state index is 13.1. The van der Waals surface area contributed by atoms with Gasteiger partial charge in [0.05, 0.1) is 18.1 Å². The lowest BCUT2D eigenvalue weighted by molar-refractivity contribution is -0.156. The van der Waals surface area contributed by atoms with Crippen LogP contribution in [0.15, 0.2) is 48.5 Å². The van der Waals surface area contributed by atoms with Crippen LogP contribution in [0.3, 0.4) is 0 Å². The van der Waals surface area contributed by atoms with E-state index in [0.717, 1.165) is 37.7 Å². The summed E-state index contributed by atoms with van der Waals surface area (Å²) in [5.74, 6) is -0.184. The highest BCUT2D eigenvalue weighted by Gasteiger charge is 2.42. The highest BCUT2D eigenvalue weighted by molar-refractivity contribution is 6.30. The monoisotopic (exact) mass is 467 g/mol. The predicted molar refractivity (Wildman–Crippen MR) is 120 cm³/mol. The van der Waals surface area contributed by atoms with Crippen molar-refractivity contribution in [1.29, 1.82) is 0 Å². The molecule has 0 saturated carbocycles. The molecular formula is C25H29ClF3NO2. The SMILES string of the molecule is COC(=O)C1(Cc2ccc(Cl)cc2)CCN(CCCCc2ccccc2C(F)(F)F)CC1. The van der Waals surface area contributed by atoms with Gasteiger partial charge in [-0.2, -0.15) is 13.2 Å². The fraction of sp³-hybridized carbons (Fsp3) is 0.480. The number of carbonyl (C=O) groups is 1. The molecule has 0 aliphatic carbocycles. The van der Waals surface area contributed by atoms with Crippen LogP contribution in [0.2, 0.25) is 5.02 Å². The molecule has 1 aliphatic rings.